The number of carbonyl (C=O) groups excluding carboxylic acids is 1. The molecule has 1 heterocycles. The molecule has 3 nitrogen and oxygen atoms in total. The Labute approximate surface area is 144 Å². The summed E-state index contributed by atoms with van der Waals surface area (Å²) in [5.41, 5.74) is 5.40. The Morgan fingerprint density at radius 2 is 1.62 bits per heavy atom. The lowest BCUT2D eigenvalue weighted by atomic mass is 9.59. The van der Waals surface area contributed by atoms with E-state index in [4.69, 9.17) is 0 Å². The van der Waals surface area contributed by atoms with Crippen molar-refractivity contribution in [1.82, 2.24) is 4.98 Å². The third kappa shape index (κ3) is 1.96. The maximum atomic E-state index is 12.9. The molecule has 1 unspecified atom stereocenters. The molecule has 2 bridgehead atoms. The van der Waals surface area contributed by atoms with E-state index in [0.29, 0.717) is 11.0 Å². The summed E-state index contributed by atoms with van der Waals surface area (Å²) in [6.07, 6.45) is 2.59. The zero-order valence-corrected chi connectivity index (χ0v) is 13.8. The Morgan fingerprint density at radius 1 is 1.00 bits per heavy atom. The highest BCUT2D eigenvalue weighted by Crippen LogP contribution is 2.55. The molecule has 3 aromatic rings. The average Bonchev–Trinajstić information content (AvgIpc) is 3.14. The number of thiazole rings is 1. The van der Waals surface area contributed by atoms with Crippen LogP contribution in [0.1, 0.15) is 40.5 Å². The Kier molecular flexibility index (Phi) is 3.06. The number of rotatable bonds is 2. The van der Waals surface area contributed by atoms with Gasteiger partial charge in [-0.15, -0.1) is 11.3 Å². The van der Waals surface area contributed by atoms with Gasteiger partial charge in [0.25, 0.3) is 0 Å². The first-order valence-corrected chi connectivity index (χ1v) is 9.09. The number of anilines is 1. The molecule has 3 aliphatic carbocycles. The number of fused-ring (bicyclic) bond motifs is 1. The van der Waals surface area contributed by atoms with Crippen molar-refractivity contribution in [3.63, 3.8) is 0 Å². The normalized spacial score (nSPS) is 23.4. The molecule has 1 atom stereocenters. The molecule has 118 valence electrons. The first-order valence-electron chi connectivity index (χ1n) is 8.21. The summed E-state index contributed by atoms with van der Waals surface area (Å²) in [4.78, 5) is 17.1. The predicted molar refractivity (Wildman–Crippen MR) is 95.4 cm³/mol. The van der Waals surface area contributed by atoms with Crippen LogP contribution in [0.3, 0.4) is 0 Å². The van der Waals surface area contributed by atoms with E-state index in [9.17, 15) is 4.79 Å². The standard InChI is InChI=1S/C20H16N2OS/c23-19(22-20-21-9-10-24-20)17-11-16-12-5-1-3-7-14(12)18(17)15-8-4-2-6-13(15)16/h1-10,16-18H,11H2,(H,21,22,23). The van der Waals surface area contributed by atoms with E-state index in [2.05, 4.69) is 58.8 Å². The molecule has 1 amide bonds. The summed E-state index contributed by atoms with van der Waals surface area (Å²) in [7, 11) is 0. The quantitative estimate of drug-likeness (QED) is 0.757. The maximum absolute atomic E-state index is 12.9. The van der Waals surface area contributed by atoms with E-state index in [1.165, 1.54) is 33.6 Å². The van der Waals surface area contributed by atoms with E-state index < -0.39 is 0 Å². The summed E-state index contributed by atoms with van der Waals surface area (Å²) in [6, 6.07) is 17.2. The third-order valence-electron chi connectivity index (χ3n) is 5.30. The van der Waals surface area contributed by atoms with Crippen molar-refractivity contribution >= 4 is 22.4 Å². The van der Waals surface area contributed by atoms with Crippen LogP contribution < -0.4 is 5.32 Å². The number of hydrogen-bond donors (Lipinski definition) is 1. The molecule has 3 aliphatic rings. The van der Waals surface area contributed by atoms with Gasteiger partial charge in [0.2, 0.25) is 5.91 Å². The first kappa shape index (κ1) is 13.9. The second-order valence-corrected chi connectivity index (χ2v) is 7.35. The SMILES string of the molecule is O=C(Nc1nccs1)C1CC2c3ccccc3C1c1ccccc12. The molecule has 24 heavy (non-hydrogen) atoms. The number of amides is 1. The van der Waals surface area contributed by atoms with Crippen LogP contribution in [-0.4, -0.2) is 10.9 Å². The fraction of sp³-hybridized carbons (Fsp3) is 0.200. The maximum Gasteiger partial charge on any atom is 0.230 e. The Hall–Kier alpha value is -2.46. The Bertz CT molecular complexity index is 871. The molecular formula is C20H16N2OS. The summed E-state index contributed by atoms with van der Waals surface area (Å²) in [5, 5.41) is 5.57. The highest BCUT2D eigenvalue weighted by atomic mass is 32.1. The van der Waals surface area contributed by atoms with Crippen molar-refractivity contribution in [3.8, 4) is 0 Å². The Morgan fingerprint density at radius 3 is 2.21 bits per heavy atom. The average molecular weight is 332 g/mol. The molecule has 0 radical (unpaired) electrons. The van der Waals surface area contributed by atoms with Crippen LogP contribution in [0.25, 0.3) is 0 Å². The second kappa shape index (κ2) is 5.28. The molecule has 0 spiro atoms. The van der Waals surface area contributed by atoms with Gasteiger partial charge in [-0.1, -0.05) is 48.5 Å². The van der Waals surface area contributed by atoms with Crippen LogP contribution in [0.4, 0.5) is 5.13 Å². The van der Waals surface area contributed by atoms with E-state index >= 15 is 0 Å². The molecular weight excluding hydrogens is 316 g/mol. The Balaban J connectivity index is 1.59. The van der Waals surface area contributed by atoms with Crippen LogP contribution in [0.5, 0.6) is 0 Å². The molecule has 0 saturated carbocycles. The fourth-order valence-electron chi connectivity index (χ4n) is 4.38. The highest BCUT2D eigenvalue weighted by Gasteiger charge is 2.45. The molecule has 6 rings (SSSR count). The van der Waals surface area contributed by atoms with Crippen molar-refractivity contribution in [1.29, 1.82) is 0 Å². The van der Waals surface area contributed by atoms with Crippen LogP contribution in [-0.2, 0) is 4.79 Å². The topological polar surface area (TPSA) is 42.0 Å². The van der Waals surface area contributed by atoms with Crippen LogP contribution in [0.15, 0.2) is 60.1 Å². The smallest absolute Gasteiger partial charge is 0.230 e. The monoisotopic (exact) mass is 332 g/mol. The van der Waals surface area contributed by atoms with Crippen molar-refractivity contribution in [2.75, 3.05) is 5.32 Å². The van der Waals surface area contributed by atoms with E-state index in [0.717, 1.165) is 6.42 Å². The van der Waals surface area contributed by atoms with E-state index in [1.54, 1.807) is 6.20 Å². The summed E-state index contributed by atoms with van der Waals surface area (Å²) in [5.74, 6) is 0.504. The van der Waals surface area contributed by atoms with Gasteiger partial charge in [-0.2, -0.15) is 0 Å². The van der Waals surface area contributed by atoms with Gasteiger partial charge in [0, 0.05) is 23.4 Å². The van der Waals surface area contributed by atoms with Gasteiger partial charge in [-0.25, -0.2) is 4.98 Å². The van der Waals surface area contributed by atoms with E-state index in [-0.39, 0.29) is 17.7 Å². The number of nitrogens with zero attached hydrogens (tertiary/aromatic N) is 1. The molecule has 4 heteroatoms. The summed E-state index contributed by atoms with van der Waals surface area (Å²) < 4.78 is 0. The predicted octanol–water partition coefficient (Wildman–Crippen LogP) is 4.38. The zero-order valence-electron chi connectivity index (χ0n) is 13.0. The van der Waals surface area contributed by atoms with Gasteiger partial charge in [0.1, 0.15) is 0 Å². The van der Waals surface area contributed by atoms with Gasteiger partial charge in [-0.05, 0) is 28.7 Å². The van der Waals surface area contributed by atoms with Gasteiger partial charge in [-0.3, -0.25) is 4.79 Å². The van der Waals surface area contributed by atoms with E-state index in [1.807, 2.05) is 5.38 Å². The number of carbonyl (C=O) groups is 1. The lowest BCUT2D eigenvalue weighted by molar-refractivity contribution is -0.121. The summed E-state index contributed by atoms with van der Waals surface area (Å²) >= 11 is 1.46. The molecule has 0 saturated heterocycles. The molecule has 2 aromatic carbocycles. The van der Waals surface area contributed by atoms with Crippen LogP contribution in [0, 0.1) is 5.92 Å². The largest absolute Gasteiger partial charge is 0.302 e. The molecule has 0 aliphatic heterocycles. The number of aromatic nitrogens is 1. The number of hydrogen-bond acceptors (Lipinski definition) is 3. The van der Waals surface area contributed by atoms with Crippen LogP contribution in [0.2, 0.25) is 0 Å². The highest BCUT2D eigenvalue weighted by molar-refractivity contribution is 7.13. The lowest BCUT2D eigenvalue weighted by Crippen LogP contribution is -2.38. The minimum atomic E-state index is -0.0382. The molecule has 1 aromatic heterocycles. The lowest BCUT2D eigenvalue weighted by Gasteiger charge is -2.44. The van der Waals surface area contributed by atoms with Gasteiger partial charge in [0.05, 0.1) is 5.92 Å². The van der Waals surface area contributed by atoms with Crippen molar-refractivity contribution in [3.05, 3.63) is 82.4 Å². The molecule has 1 N–H and O–H groups in total. The van der Waals surface area contributed by atoms with Gasteiger partial charge < -0.3 is 5.32 Å². The van der Waals surface area contributed by atoms with Gasteiger partial charge in [0.15, 0.2) is 5.13 Å². The minimum Gasteiger partial charge on any atom is -0.302 e. The summed E-state index contributed by atoms with van der Waals surface area (Å²) in [6.45, 7) is 0. The molecule has 0 fully saturated rings. The second-order valence-electron chi connectivity index (χ2n) is 6.46. The number of nitrogens with one attached hydrogen (secondary N) is 1. The van der Waals surface area contributed by atoms with Crippen molar-refractivity contribution < 1.29 is 4.79 Å². The van der Waals surface area contributed by atoms with Gasteiger partial charge >= 0.3 is 0 Å². The third-order valence-corrected chi connectivity index (χ3v) is 5.99. The zero-order chi connectivity index (χ0) is 16.1. The fourth-order valence-corrected chi connectivity index (χ4v) is 4.91. The van der Waals surface area contributed by atoms with Crippen molar-refractivity contribution in [2.45, 2.75) is 18.3 Å². The van der Waals surface area contributed by atoms with Crippen molar-refractivity contribution in [2.24, 2.45) is 5.92 Å². The number of benzene rings is 2. The first-order chi connectivity index (χ1) is 11.8. The minimum absolute atomic E-state index is 0.0382. The van der Waals surface area contributed by atoms with Crippen LogP contribution >= 0.6 is 11.3 Å².